The van der Waals surface area contributed by atoms with Crippen molar-refractivity contribution >= 4 is 5.91 Å². The minimum absolute atomic E-state index is 0.0225. The first kappa shape index (κ1) is 13.6. The minimum atomic E-state index is -0.838. The van der Waals surface area contributed by atoms with Crippen LogP contribution in [-0.2, 0) is 16.1 Å². The minimum Gasteiger partial charge on any atom is -0.377 e. The molecule has 0 spiro atoms. The van der Waals surface area contributed by atoms with Crippen molar-refractivity contribution in [3.63, 3.8) is 0 Å². The van der Waals surface area contributed by atoms with Crippen LogP contribution in [0.25, 0.3) is 0 Å². The number of carbonyl (C=O) groups excluding carboxylic acids is 1. The fourth-order valence-corrected chi connectivity index (χ4v) is 3.82. The number of imidazole rings is 1. The van der Waals surface area contributed by atoms with Gasteiger partial charge < -0.3 is 20.4 Å². The molecular weight excluding hydrogens is 256 g/mol. The molecule has 2 heterocycles. The van der Waals surface area contributed by atoms with Gasteiger partial charge in [-0.25, -0.2) is 4.98 Å². The zero-order valence-corrected chi connectivity index (χ0v) is 12.2. The van der Waals surface area contributed by atoms with Gasteiger partial charge >= 0.3 is 0 Å². The molecule has 1 aliphatic heterocycles. The first-order valence-electron chi connectivity index (χ1n) is 7.03. The second-order valence-electron chi connectivity index (χ2n) is 6.47. The van der Waals surface area contributed by atoms with E-state index in [1.54, 1.807) is 24.3 Å². The predicted octanol–water partition coefficient (Wildman–Crippen LogP) is 0.510. The third-order valence-corrected chi connectivity index (χ3v) is 5.10. The number of nitrogens with two attached hydrogens (primary N) is 1. The maximum Gasteiger partial charge on any atom is 0.243 e. The van der Waals surface area contributed by atoms with Crippen LogP contribution in [0.4, 0.5) is 0 Å². The Morgan fingerprint density at radius 3 is 3.05 bits per heavy atom. The van der Waals surface area contributed by atoms with Crippen molar-refractivity contribution in [1.29, 1.82) is 0 Å². The van der Waals surface area contributed by atoms with E-state index in [1.807, 2.05) is 13.8 Å². The van der Waals surface area contributed by atoms with Gasteiger partial charge in [-0.1, -0.05) is 13.8 Å². The normalized spacial score (nSPS) is 34.4. The quantitative estimate of drug-likeness (QED) is 0.844. The number of hydrogen-bond acceptors (Lipinski definition) is 4. The molecule has 1 saturated heterocycles. The summed E-state index contributed by atoms with van der Waals surface area (Å²) in [4.78, 5) is 21.7. The number of aromatic amines is 1. The molecule has 20 heavy (non-hydrogen) atoms. The van der Waals surface area contributed by atoms with E-state index < -0.39 is 5.54 Å². The average molecular weight is 278 g/mol. The molecule has 0 aromatic carbocycles. The zero-order chi connectivity index (χ0) is 14.5. The van der Waals surface area contributed by atoms with E-state index in [1.165, 1.54) is 0 Å². The van der Waals surface area contributed by atoms with Crippen LogP contribution >= 0.6 is 0 Å². The number of fused-ring (bicyclic) bond motifs is 1. The maximum atomic E-state index is 12.8. The van der Waals surface area contributed by atoms with Crippen molar-refractivity contribution in [2.24, 2.45) is 17.1 Å². The summed E-state index contributed by atoms with van der Waals surface area (Å²) < 4.78 is 5.73. The van der Waals surface area contributed by atoms with Crippen LogP contribution in [0, 0.1) is 11.3 Å². The topological polar surface area (TPSA) is 84.2 Å². The van der Waals surface area contributed by atoms with Crippen LogP contribution in [0.2, 0.25) is 0 Å². The van der Waals surface area contributed by atoms with Gasteiger partial charge in [0.2, 0.25) is 5.91 Å². The Morgan fingerprint density at radius 2 is 2.40 bits per heavy atom. The maximum absolute atomic E-state index is 12.8. The fraction of sp³-hybridized carbons (Fsp3) is 0.714. The number of nitrogens with zero attached hydrogens (tertiary/aromatic N) is 2. The molecule has 3 N–H and O–H groups in total. The van der Waals surface area contributed by atoms with E-state index in [9.17, 15) is 4.79 Å². The standard InChI is InChI=1S/C14H22N4O2/c1-13(2)11-9(4-7-20-11)14(13,15)12(19)18(3)8-10-16-5-6-17-10/h5-6,9,11H,4,7-8,15H2,1-3H3,(H,16,17). The monoisotopic (exact) mass is 278 g/mol. The molecule has 1 saturated carbocycles. The summed E-state index contributed by atoms with van der Waals surface area (Å²) in [5, 5.41) is 0. The molecule has 110 valence electrons. The Morgan fingerprint density at radius 1 is 1.65 bits per heavy atom. The van der Waals surface area contributed by atoms with Gasteiger partial charge in [0.05, 0.1) is 12.6 Å². The molecule has 3 rings (SSSR count). The molecule has 3 unspecified atom stereocenters. The SMILES string of the molecule is CN(Cc1ncc[nH]1)C(=O)C1(N)C2CCOC2C1(C)C. The Hall–Kier alpha value is -1.40. The van der Waals surface area contributed by atoms with Gasteiger partial charge in [-0.05, 0) is 6.42 Å². The van der Waals surface area contributed by atoms with Gasteiger partial charge in [0.1, 0.15) is 11.4 Å². The Labute approximate surface area is 118 Å². The number of rotatable bonds is 3. The highest BCUT2D eigenvalue weighted by molar-refractivity contribution is 5.89. The third kappa shape index (κ3) is 1.58. The molecule has 1 amide bonds. The number of nitrogens with one attached hydrogen (secondary N) is 1. The fourth-order valence-electron chi connectivity index (χ4n) is 3.82. The molecule has 2 aliphatic rings. The van der Waals surface area contributed by atoms with Crippen molar-refractivity contribution in [2.75, 3.05) is 13.7 Å². The van der Waals surface area contributed by atoms with E-state index in [0.717, 1.165) is 12.2 Å². The number of amides is 1. The highest BCUT2D eigenvalue weighted by atomic mass is 16.5. The highest BCUT2D eigenvalue weighted by Gasteiger charge is 2.71. The van der Waals surface area contributed by atoms with Gasteiger partial charge in [0, 0.05) is 37.4 Å². The molecule has 6 nitrogen and oxygen atoms in total. The van der Waals surface area contributed by atoms with Gasteiger partial charge in [-0.3, -0.25) is 4.79 Å². The molecule has 1 aliphatic carbocycles. The second-order valence-corrected chi connectivity index (χ2v) is 6.47. The Kier molecular flexibility index (Phi) is 2.92. The molecule has 1 aromatic rings. The Bertz CT molecular complexity index is 513. The summed E-state index contributed by atoms with van der Waals surface area (Å²) in [7, 11) is 1.78. The summed E-state index contributed by atoms with van der Waals surface area (Å²) >= 11 is 0. The van der Waals surface area contributed by atoms with Crippen LogP contribution in [-0.4, -0.2) is 46.1 Å². The first-order valence-corrected chi connectivity index (χ1v) is 7.03. The summed E-state index contributed by atoms with van der Waals surface area (Å²) in [6, 6.07) is 0. The second kappa shape index (κ2) is 4.30. The number of likely N-dealkylation sites (N-methyl/N-ethyl adjacent to an activating group) is 1. The van der Waals surface area contributed by atoms with E-state index in [-0.39, 0.29) is 23.3 Å². The van der Waals surface area contributed by atoms with E-state index in [2.05, 4.69) is 9.97 Å². The van der Waals surface area contributed by atoms with Crippen molar-refractivity contribution in [3.8, 4) is 0 Å². The van der Waals surface area contributed by atoms with Crippen LogP contribution in [0.15, 0.2) is 12.4 Å². The first-order chi connectivity index (χ1) is 9.39. The molecule has 0 radical (unpaired) electrons. The molecule has 2 fully saturated rings. The summed E-state index contributed by atoms with van der Waals surface area (Å²) in [6.07, 6.45) is 4.40. The highest BCUT2D eigenvalue weighted by Crippen LogP contribution is 2.58. The number of hydrogen-bond donors (Lipinski definition) is 2. The van der Waals surface area contributed by atoms with E-state index >= 15 is 0 Å². The molecule has 0 bridgehead atoms. The van der Waals surface area contributed by atoms with Crippen molar-refractivity contribution < 1.29 is 9.53 Å². The Balaban J connectivity index is 1.79. The van der Waals surface area contributed by atoms with Gasteiger partial charge in [0.25, 0.3) is 0 Å². The molecule has 3 atom stereocenters. The lowest BCUT2D eigenvalue weighted by Crippen LogP contribution is -2.80. The van der Waals surface area contributed by atoms with Crippen molar-refractivity contribution in [3.05, 3.63) is 18.2 Å². The van der Waals surface area contributed by atoms with Crippen LogP contribution in [0.1, 0.15) is 26.1 Å². The van der Waals surface area contributed by atoms with Crippen LogP contribution in [0.5, 0.6) is 0 Å². The molecular formula is C14H22N4O2. The van der Waals surface area contributed by atoms with E-state index in [0.29, 0.717) is 13.2 Å². The molecule has 6 heteroatoms. The van der Waals surface area contributed by atoms with Crippen LogP contribution < -0.4 is 5.73 Å². The van der Waals surface area contributed by atoms with Gasteiger partial charge in [-0.15, -0.1) is 0 Å². The molecule has 1 aromatic heterocycles. The van der Waals surface area contributed by atoms with Gasteiger partial charge in [-0.2, -0.15) is 0 Å². The van der Waals surface area contributed by atoms with Crippen molar-refractivity contribution in [2.45, 2.75) is 38.5 Å². The predicted molar refractivity (Wildman–Crippen MR) is 73.6 cm³/mol. The third-order valence-electron chi connectivity index (χ3n) is 5.10. The van der Waals surface area contributed by atoms with Crippen LogP contribution in [0.3, 0.4) is 0 Å². The number of carbonyl (C=O) groups is 1. The summed E-state index contributed by atoms with van der Waals surface area (Å²) in [5.41, 5.74) is 5.37. The van der Waals surface area contributed by atoms with E-state index in [4.69, 9.17) is 10.5 Å². The number of H-pyrrole nitrogens is 1. The number of ether oxygens (including phenoxy) is 1. The lowest BCUT2D eigenvalue weighted by atomic mass is 9.47. The lowest BCUT2D eigenvalue weighted by Gasteiger charge is -2.61. The smallest absolute Gasteiger partial charge is 0.243 e. The van der Waals surface area contributed by atoms with Gasteiger partial charge in [0.15, 0.2) is 0 Å². The largest absolute Gasteiger partial charge is 0.377 e. The average Bonchev–Trinajstić information content (AvgIpc) is 3.06. The lowest BCUT2D eigenvalue weighted by molar-refractivity contribution is -0.183. The summed E-state index contributed by atoms with van der Waals surface area (Å²) in [5.74, 6) is 0.871. The number of aromatic nitrogens is 2. The van der Waals surface area contributed by atoms with Crippen molar-refractivity contribution in [1.82, 2.24) is 14.9 Å². The zero-order valence-electron chi connectivity index (χ0n) is 12.2. The summed E-state index contributed by atoms with van der Waals surface area (Å²) in [6.45, 7) is 5.20.